The molecule has 350 valence electrons. The molecule has 6 rings (SSSR count). The van der Waals surface area contributed by atoms with Crippen LogP contribution in [-0.2, 0) is 17.7 Å². The van der Waals surface area contributed by atoms with Gasteiger partial charge in [0.15, 0.2) is 0 Å². The highest BCUT2D eigenvalue weighted by molar-refractivity contribution is 8.24. The fourth-order valence-electron chi connectivity index (χ4n) is 8.94. The van der Waals surface area contributed by atoms with E-state index in [1.165, 1.54) is 7.11 Å². The molecule has 0 aliphatic carbocycles. The molecule has 13 nitrogen and oxygen atoms in total. The second-order valence-corrected chi connectivity index (χ2v) is 22.7. The van der Waals surface area contributed by atoms with Crippen LogP contribution in [0.1, 0.15) is 125 Å². The maximum absolute atomic E-state index is 11.5. The molecule has 0 spiro atoms. The van der Waals surface area contributed by atoms with Crippen molar-refractivity contribution in [1.29, 1.82) is 0 Å². The van der Waals surface area contributed by atoms with Gasteiger partial charge in [0.05, 0.1) is 53.9 Å². The Bertz CT molecular complexity index is 2150. The third kappa shape index (κ3) is 12.5. The van der Waals surface area contributed by atoms with Crippen molar-refractivity contribution in [3.05, 3.63) is 118 Å². The number of rotatable bonds is 17. The number of hydrogen-bond donors (Lipinski definition) is 10. The number of benzene rings is 4. The molecule has 0 saturated heterocycles. The summed E-state index contributed by atoms with van der Waals surface area (Å²) in [5, 5.41) is 10.4. The molecular formula is C47H71N4O9PS2. The Morgan fingerprint density at radius 3 is 1.48 bits per heavy atom. The number of unbranched alkanes of at least 4 members (excludes halogenated alkanes) is 2. The minimum Gasteiger partial charge on any atom is -0.496 e. The third-order valence-electron chi connectivity index (χ3n) is 12.5. The first kappa shape index (κ1) is 51.0. The number of nitrogens with two attached hydrogens (primary N) is 1. The first-order chi connectivity index (χ1) is 29.9. The van der Waals surface area contributed by atoms with E-state index in [0.29, 0.717) is 32.6 Å². The molecule has 63 heavy (non-hydrogen) atoms. The van der Waals surface area contributed by atoms with Gasteiger partial charge in [-0.1, -0.05) is 114 Å². The van der Waals surface area contributed by atoms with Crippen LogP contribution in [-0.4, -0.2) is 71.1 Å². The zero-order valence-corrected chi connectivity index (χ0v) is 40.2. The van der Waals surface area contributed by atoms with Gasteiger partial charge < -0.3 is 30.3 Å². The molecule has 0 amide bonds. The molecule has 2 aliphatic heterocycles. The molecular weight excluding hydrogens is 860 g/mol. The highest BCUT2D eigenvalue weighted by Crippen LogP contribution is 2.59. The third-order valence-corrected chi connectivity index (χ3v) is 17.2. The smallest absolute Gasteiger partial charge is 0.339 e. The summed E-state index contributed by atoms with van der Waals surface area (Å²) < 4.78 is 68.1. The van der Waals surface area contributed by atoms with Crippen LogP contribution in [0, 0.1) is 0 Å². The fraction of sp³-hybridized carbons (Fsp3) is 0.489. The Hall–Kier alpha value is -2.99. The lowest BCUT2D eigenvalue weighted by atomic mass is 9.88. The fourth-order valence-corrected chi connectivity index (χ4v) is 13.8. The van der Waals surface area contributed by atoms with Crippen LogP contribution in [0.25, 0.3) is 0 Å². The van der Waals surface area contributed by atoms with Crippen molar-refractivity contribution in [2.24, 2.45) is 5.73 Å². The van der Waals surface area contributed by atoms with Gasteiger partial charge in [-0.15, -0.1) is 0 Å². The van der Waals surface area contributed by atoms with Crippen molar-refractivity contribution in [3.8, 4) is 11.5 Å². The van der Waals surface area contributed by atoms with Crippen LogP contribution in [0.15, 0.2) is 94.7 Å². The minimum atomic E-state index is -4.22. The first-order valence-corrected chi connectivity index (χ1v) is 27.2. The molecule has 0 unspecified atom stereocenters. The largest absolute Gasteiger partial charge is 0.496 e. The summed E-state index contributed by atoms with van der Waals surface area (Å²) in [6.45, 7) is 8.90. The standard InChI is InChI=1S/C24H37N2O6PS.C23H34N2O3S/c1-4-6-12-24(5-2)16-34(30,31)22-13-19(15-25-17-33(27,28)29)21(32-3)14-20(22)23(26-24)18-10-8-7-9-11-18;1-4-6-12-23(5-2)16-29(26,27)21-13-18(15-24)20(28-3)14-19(21)22(25-23)17-10-8-7-9-11-17/h7-11,13-14,23,25-26,30-31H,4-6,12,15-17H2,1-3H3,(H2,27,28,29);7-11,13-14,22,25-27H,4-6,12,15-16,24H2,1-3H3/t23-,24-;22-,23-/m11/s1. The Kier molecular flexibility index (Phi) is 17.8. The predicted octanol–water partition coefficient (Wildman–Crippen LogP) is 10.4. The van der Waals surface area contributed by atoms with Gasteiger partial charge in [0.2, 0.25) is 0 Å². The summed E-state index contributed by atoms with van der Waals surface area (Å²) in [5.41, 5.74) is 10.2. The van der Waals surface area contributed by atoms with E-state index in [2.05, 4.69) is 55.8 Å². The summed E-state index contributed by atoms with van der Waals surface area (Å²) >= 11 is 0. The number of methoxy groups -OCH3 is 2. The summed E-state index contributed by atoms with van der Waals surface area (Å²) in [5.74, 6) is 1.71. The van der Waals surface area contributed by atoms with Crippen molar-refractivity contribution in [2.75, 3.05) is 32.0 Å². The van der Waals surface area contributed by atoms with Crippen molar-refractivity contribution in [2.45, 2.75) is 125 Å². The summed E-state index contributed by atoms with van der Waals surface area (Å²) in [7, 11) is -7.23. The molecule has 16 heteroatoms. The molecule has 0 fully saturated rings. The van der Waals surface area contributed by atoms with Gasteiger partial charge in [0, 0.05) is 46.4 Å². The molecule has 0 aromatic heterocycles. The van der Waals surface area contributed by atoms with E-state index in [1.807, 2.05) is 66.7 Å². The minimum absolute atomic E-state index is 0.120. The predicted molar refractivity (Wildman–Crippen MR) is 258 cm³/mol. The van der Waals surface area contributed by atoms with Crippen molar-refractivity contribution < 1.29 is 42.0 Å². The second kappa shape index (κ2) is 22.0. The molecule has 4 aromatic carbocycles. The van der Waals surface area contributed by atoms with Crippen LogP contribution >= 0.6 is 28.8 Å². The van der Waals surface area contributed by atoms with Gasteiger partial charge in [-0.05, 0) is 61.1 Å². The number of ether oxygens (including phenoxy) is 2. The van der Waals surface area contributed by atoms with Crippen molar-refractivity contribution in [1.82, 2.24) is 16.0 Å². The van der Waals surface area contributed by atoms with E-state index in [4.69, 9.17) is 15.2 Å². The highest BCUT2D eigenvalue weighted by atomic mass is 32.3. The summed E-state index contributed by atoms with van der Waals surface area (Å²) in [4.78, 5) is 19.4. The van der Waals surface area contributed by atoms with Crippen molar-refractivity contribution >= 4 is 28.8 Å². The van der Waals surface area contributed by atoms with Gasteiger partial charge >= 0.3 is 7.60 Å². The van der Waals surface area contributed by atoms with E-state index < -0.39 is 40.6 Å². The molecule has 0 bridgehead atoms. The van der Waals surface area contributed by atoms with E-state index in [1.54, 1.807) is 13.2 Å². The van der Waals surface area contributed by atoms with Gasteiger partial charge in [0.25, 0.3) is 0 Å². The quantitative estimate of drug-likeness (QED) is 0.0446. The van der Waals surface area contributed by atoms with E-state index >= 15 is 0 Å². The monoisotopic (exact) mass is 930 g/mol. The molecule has 0 radical (unpaired) electrons. The molecule has 2 heterocycles. The molecule has 0 saturated carbocycles. The van der Waals surface area contributed by atoms with E-state index in [0.717, 1.165) is 79.2 Å². The number of fused-ring (bicyclic) bond motifs is 2. The average Bonchev–Trinajstić information content (AvgIpc) is 3.44. The van der Waals surface area contributed by atoms with E-state index in [9.17, 15) is 32.6 Å². The lowest BCUT2D eigenvalue weighted by Gasteiger charge is -2.42. The Morgan fingerprint density at radius 2 is 1.11 bits per heavy atom. The maximum atomic E-state index is 11.5. The van der Waals surface area contributed by atoms with Gasteiger partial charge in [0.1, 0.15) is 11.5 Å². The maximum Gasteiger partial charge on any atom is 0.339 e. The highest BCUT2D eigenvalue weighted by Gasteiger charge is 2.44. The Labute approximate surface area is 377 Å². The van der Waals surface area contributed by atoms with Gasteiger partial charge in [-0.25, -0.2) is 0 Å². The normalized spacial score (nSPS) is 23.7. The lowest BCUT2D eigenvalue weighted by Crippen LogP contribution is -2.49. The lowest BCUT2D eigenvalue weighted by molar-refractivity contribution is 0.289. The number of hydrogen-bond acceptors (Lipinski definition) is 11. The molecule has 4 atom stereocenters. The van der Waals surface area contributed by atoms with Crippen LogP contribution in [0.3, 0.4) is 0 Å². The molecule has 11 N–H and O–H groups in total. The van der Waals surface area contributed by atoms with Crippen molar-refractivity contribution in [3.63, 3.8) is 0 Å². The first-order valence-electron chi connectivity index (χ1n) is 22.0. The average molecular weight is 931 g/mol. The summed E-state index contributed by atoms with van der Waals surface area (Å²) in [6, 6.07) is 27.0. The Balaban J connectivity index is 0.000000240. The van der Waals surface area contributed by atoms with Crippen LogP contribution < -0.4 is 31.2 Å². The van der Waals surface area contributed by atoms with Crippen LogP contribution in [0.5, 0.6) is 11.5 Å². The van der Waals surface area contributed by atoms with Gasteiger partial charge in [-0.3, -0.25) is 33.4 Å². The van der Waals surface area contributed by atoms with Crippen LogP contribution in [0.2, 0.25) is 0 Å². The summed E-state index contributed by atoms with van der Waals surface area (Å²) in [6.07, 6.45) is 6.88. The van der Waals surface area contributed by atoms with Crippen LogP contribution in [0.4, 0.5) is 0 Å². The Morgan fingerprint density at radius 1 is 0.698 bits per heavy atom. The number of nitrogens with one attached hydrogen (secondary N) is 3. The topological polar surface area (TPSA) is 219 Å². The van der Waals surface area contributed by atoms with Gasteiger partial charge in [-0.2, -0.15) is 21.2 Å². The van der Waals surface area contributed by atoms with E-state index in [-0.39, 0.29) is 36.5 Å². The zero-order valence-electron chi connectivity index (χ0n) is 37.7. The SMILES string of the molecule is CCCC[C@]1(CC)CS(O)(O)c2cc(CN)c(OC)cc2[C@@H](c2ccccc2)N1.CCCC[C@]1(CC)CS(O)(O)c2cc(CNCP(=O)(O)O)c(OC)cc2[C@@H](c2ccccc2)N1. The molecule has 4 aromatic rings. The second-order valence-electron chi connectivity index (χ2n) is 16.9. The molecule has 2 aliphatic rings. The zero-order chi connectivity index (χ0) is 46.1.